The van der Waals surface area contributed by atoms with Gasteiger partial charge in [-0.3, -0.25) is 0 Å². The van der Waals surface area contributed by atoms with Crippen molar-refractivity contribution in [3.63, 3.8) is 0 Å². The maximum Gasteiger partial charge on any atom is 0.151 e. The molecule has 0 bridgehead atoms. The molecule has 0 radical (unpaired) electrons. The van der Waals surface area contributed by atoms with Crippen molar-refractivity contribution in [1.29, 1.82) is 0 Å². The van der Waals surface area contributed by atoms with Gasteiger partial charge < -0.3 is 5.32 Å². The van der Waals surface area contributed by atoms with Gasteiger partial charge in [-0.25, -0.2) is 13.1 Å². The lowest BCUT2D eigenvalue weighted by molar-refractivity contribution is 0.573. The molecule has 0 aliphatic heterocycles. The van der Waals surface area contributed by atoms with Gasteiger partial charge in [-0.2, -0.15) is 5.10 Å². The van der Waals surface area contributed by atoms with E-state index < -0.39 is 9.84 Å². The van der Waals surface area contributed by atoms with Crippen molar-refractivity contribution in [2.45, 2.75) is 19.9 Å². The topological polar surface area (TPSA) is 64.0 Å². The number of benzene rings is 1. The molecule has 1 N–H and O–H groups in total. The summed E-state index contributed by atoms with van der Waals surface area (Å²) < 4.78 is 24.7. The highest BCUT2D eigenvalue weighted by molar-refractivity contribution is 7.91. The van der Waals surface area contributed by atoms with E-state index in [0.29, 0.717) is 6.54 Å². The molecule has 0 amide bonds. The maximum absolute atomic E-state index is 11.4. The van der Waals surface area contributed by atoms with Gasteiger partial charge in [0.15, 0.2) is 9.84 Å². The van der Waals surface area contributed by atoms with Gasteiger partial charge in [-0.05, 0) is 19.1 Å². The molecule has 114 valence electrons. The van der Waals surface area contributed by atoms with E-state index in [0.717, 1.165) is 11.3 Å². The Kier molecular flexibility index (Phi) is 5.14. The van der Waals surface area contributed by atoms with Gasteiger partial charge in [0.2, 0.25) is 0 Å². The first kappa shape index (κ1) is 15.7. The van der Waals surface area contributed by atoms with Crippen LogP contribution in [-0.2, 0) is 9.84 Å². The molecule has 1 atom stereocenters. The summed E-state index contributed by atoms with van der Waals surface area (Å²) in [6.07, 6.45) is 3.76. The first-order valence-corrected chi connectivity index (χ1v) is 8.88. The molecule has 0 saturated heterocycles. The molecule has 1 aromatic carbocycles. The largest absolute Gasteiger partial charge is 0.309 e. The Morgan fingerprint density at radius 2 is 2.00 bits per heavy atom. The van der Waals surface area contributed by atoms with Gasteiger partial charge in [0, 0.05) is 30.1 Å². The first-order valence-electron chi connectivity index (χ1n) is 7.05. The molecule has 21 heavy (non-hydrogen) atoms. The monoisotopic (exact) mass is 307 g/mol. The van der Waals surface area contributed by atoms with Crippen LogP contribution in [0.4, 0.5) is 0 Å². The van der Waals surface area contributed by atoms with Gasteiger partial charge in [-0.1, -0.05) is 25.1 Å². The summed E-state index contributed by atoms with van der Waals surface area (Å²) >= 11 is 0. The van der Waals surface area contributed by atoms with Gasteiger partial charge in [0.1, 0.15) is 0 Å². The van der Waals surface area contributed by atoms with Crippen LogP contribution in [0, 0.1) is 0 Å². The van der Waals surface area contributed by atoms with Gasteiger partial charge >= 0.3 is 0 Å². The Labute approximate surface area is 125 Å². The summed E-state index contributed by atoms with van der Waals surface area (Å²) in [7, 11) is -2.92. The molecule has 1 aromatic heterocycles. The predicted octanol–water partition coefficient (Wildman–Crippen LogP) is 1.96. The Balaban J connectivity index is 1.95. The molecule has 2 aromatic rings. The Bertz CT molecular complexity index is 665. The standard InChI is InChI=1S/C15H21N3O2S/c1-3-21(19,20)10-9-16-13(2)14-11-17-18(12-14)15-7-5-4-6-8-15/h4-8,11-13,16H,3,9-10H2,1-2H3. The van der Waals surface area contributed by atoms with E-state index in [9.17, 15) is 8.42 Å². The van der Waals surface area contributed by atoms with Crippen LogP contribution < -0.4 is 5.32 Å². The zero-order valence-corrected chi connectivity index (χ0v) is 13.2. The van der Waals surface area contributed by atoms with Crippen LogP contribution in [0.15, 0.2) is 42.7 Å². The van der Waals surface area contributed by atoms with E-state index in [1.807, 2.05) is 48.1 Å². The van der Waals surface area contributed by atoms with Crippen molar-refractivity contribution >= 4 is 9.84 Å². The number of aromatic nitrogens is 2. The van der Waals surface area contributed by atoms with Gasteiger partial charge in [0.05, 0.1) is 17.6 Å². The third-order valence-corrected chi connectivity index (χ3v) is 5.13. The SMILES string of the molecule is CCS(=O)(=O)CCNC(C)c1cnn(-c2ccccc2)c1. The zero-order chi connectivity index (χ0) is 15.3. The van der Waals surface area contributed by atoms with Gasteiger partial charge in [0.25, 0.3) is 0 Å². The minimum absolute atomic E-state index is 0.0644. The molecule has 5 nitrogen and oxygen atoms in total. The fraction of sp³-hybridized carbons (Fsp3) is 0.400. The average Bonchev–Trinajstić information content (AvgIpc) is 2.98. The summed E-state index contributed by atoms with van der Waals surface area (Å²) in [6, 6.07) is 9.94. The minimum Gasteiger partial charge on any atom is -0.309 e. The second-order valence-corrected chi connectivity index (χ2v) is 7.44. The third kappa shape index (κ3) is 4.41. The lowest BCUT2D eigenvalue weighted by atomic mass is 10.2. The minimum atomic E-state index is -2.92. The molecule has 0 spiro atoms. The van der Waals surface area contributed by atoms with Crippen LogP contribution >= 0.6 is 0 Å². The summed E-state index contributed by atoms with van der Waals surface area (Å²) in [5, 5.41) is 7.56. The Morgan fingerprint density at radius 1 is 1.29 bits per heavy atom. The summed E-state index contributed by atoms with van der Waals surface area (Å²) in [5.74, 6) is 0.357. The second kappa shape index (κ2) is 6.87. The smallest absolute Gasteiger partial charge is 0.151 e. The molecule has 0 aliphatic carbocycles. The summed E-state index contributed by atoms with van der Waals surface area (Å²) in [6.45, 7) is 4.13. The molecular formula is C15H21N3O2S. The summed E-state index contributed by atoms with van der Waals surface area (Å²) in [4.78, 5) is 0. The van der Waals surface area contributed by atoms with E-state index in [1.165, 1.54) is 0 Å². The molecule has 0 aliphatic rings. The third-order valence-electron chi connectivity index (χ3n) is 3.43. The van der Waals surface area contributed by atoms with Crippen molar-refractivity contribution in [1.82, 2.24) is 15.1 Å². The fourth-order valence-corrected chi connectivity index (χ4v) is 2.69. The van der Waals surface area contributed by atoms with Gasteiger partial charge in [-0.15, -0.1) is 0 Å². The fourth-order valence-electron chi connectivity index (χ4n) is 1.98. The molecule has 0 saturated carbocycles. The van der Waals surface area contributed by atoms with E-state index in [1.54, 1.807) is 13.1 Å². The lowest BCUT2D eigenvalue weighted by Gasteiger charge is -2.11. The van der Waals surface area contributed by atoms with Crippen LogP contribution in [-0.4, -0.2) is 36.2 Å². The van der Waals surface area contributed by atoms with Crippen molar-refractivity contribution in [2.24, 2.45) is 0 Å². The second-order valence-electron chi connectivity index (χ2n) is 4.97. The lowest BCUT2D eigenvalue weighted by Crippen LogP contribution is -2.26. The van der Waals surface area contributed by atoms with E-state index in [2.05, 4.69) is 10.4 Å². The molecule has 1 heterocycles. The highest BCUT2D eigenvalue weighted by Gasteiger charge is 2.11. The molecule has 1 unspecified atom stereocenters. The predicted molar refractivity (Wildman–Crippen MR) is 84.3 cm³/mol. The zero-order valence-electron chi connectivity index (χ0n) is 12.4. The van der Waals surface area contributed by atoms with Crippen LogP contribution in [0.2, 0.25) is 0 Å². The Morgan fingerprint density at radius 3 is 2.67 bits per heavy atom. The number of rotatable bonds is 7. The maximum atomic E-state index is 11.4. The van der Waals surface area contributed by atoms with Crippen LogP contribution in [0.5, 0.6) is 0 Å². The number of hydrogen-bond donors (Lipinski definition) is 1. The highest BCUT2D eigenvalue weighted by Crippen LogP contribution is 2.14. The van der Waals surface area contributed by atoms with Crippen molar-refractivity contribution in [3.05, 3.63) is 48.3 Å². The van der Waals surface area contributed by atoms with Crippen LogP contribution in [0.3, 0.4) is 0 Å². The molecule has 2 rings (SSSR count). The van der Waals surface area contributed by atoms with Crippen LogP contribution in [0.1, 0.15) is 25.5 Å². The molecular weight excluding hydrogens is 286 g/mol. The number of nitrogens with one attached hydrogen (secondary N) is 1. The normalized spacial score (nSPS) is 13.2. The van der Waals surface area contributed by atoms with E-state index in [-0.39, 0.29) is 17.5 Å². The number of sulfone groups is 1. The molecule has 0 fully saturated rings. The van der Waals surface area contributed by atoms with Crippen LogP contribution in [0.25, 0.3) is 5.69 Å². The first-order chi connectivity index (χ1) is 10.0. The average molecular weight is 307 g/mol. The van der Waals surface area contributed by atoms with E-state index in [4.69, 9.17) is 0 Å². The highest BCUT2D eigenvalue weighted by atomic mass is 32.2. The van der Waals surface area contributed by atoms with Crippen molar-refractivity contribution in [2.75, 3.05) is 18.1 Å². The van der Waals surface area contributed by atoms with E-state index >= 15 is 0 Å². The summed E-state index contributed by atoms with van der Waals surface area (Å²) in [5.41, 5.74) is 2.04. The van der Waals surface area contributed by atoms with Crippen molar-refractivity contribution in [3.8, 4) is 5.69 Å². The van der Waals surface area contributed by atoms with Crippen molar-refractivity contribution < 1.29 is 8.42 Å². The number of nitrogens with zero attached hydrogens (tertiary/aromatic N) is 2. The molecule has 6 heteroatoms. The quantitative estimate of drug-likeness (QED) is 0.849. The Hall–Kier alpha value is -1.66. The number of para-hydroxylation sites is 1. The number of hydrogen-bond acceptors (Lipinski definition) is 4.